The molecule has 0 spiro atoms. The summed E-state index contributed by atoms with van der Waals surface area (Å²) >= 11 is 1.99. The maximum atomic E-state index is 11.6. The zero-order valence-corrected chi connectivity index (χ0v) is 11.7. The Morgan fingerprint density at radius 2 is 2.25 bits per heavy atom. The summed E-state index contributed by atoms with van der Waals surface area (Å²) in [6.45, 7) is 7.86. The predicted molar refractivity (Wildman–Crippen MR) is 70.8 cm³/mol. The maximum Gasteiger partial charge on any atom is 0.236 e. The highest BCUT2D eigenvalue weighted by Crippen LogP contribution is 2.33. The second-order valence-corrected chi connectivity index (χ2v) is 6.40. The molecule has 1 rings (SSSR count). The highest BCUT2D eigenvalue weighted by Gasteiger charge is 2.28. The van der Waals surface area contributed by atoms with Crippen LogP contribution in [-0.2, 0) is 4.79 Å². The van der Waals surface area contributed by atoms with Crippen LogP contribution in [0.3, 0.4) is 0 Å². The number of rotatable bonds is 4. The molecule has 0 aromatic carbocycles. The Morgan fingerprint density at radius 1 is 1.56 bits per heavy atom. The number of nitrogens with one attached hydrogen (secondary N) is 1. The van der Waals surface area contributed by atoms with E-state index < -0.39 is 0 Å². The van der Waals surface area contributed by atoms with Gasteiger partial charge in [-0.1, -0.05) is 13.8 Å². The van der Waals surface area contributed by atoms with Gasteiger partial charge in [-0.05, 0) is 24.5 Å². The van der Waals surface area contributed by atoms with E-state index in [0.29, 0.717) is 18.0 Å². The summed E-state index contributed by atoms with van der Waals surface area (Å²) in [6, 6.07) is 0.489. The smallest absolute Gasteiger partial charge is 0.236 e. The van der Waals surface area contributed by atoms with Gasteiger partial charge in [0.1, 0.15) is 0 Å². The lowest BCUT2D eigenvalue weighted by molar-refractivity contribution is -0.128. The molecule has 16 heavy (non-hydrogen) atoms. The number of nitrogens with zero attached hydrogens (tertiary/aromatic N) is 1. The molecular formula is C12H24N2OS. The fraction of sp³-hybridized carbons (Fsp3) is 0.917. The van der Waals surface area contributed by atoms with E-state index in [4.69, 9.17) is 0 Å². The zero-order valence-electron chi connectivity index (χ0n) is 10.9. The quantitative estimate of drug-likeness (QED) is 0.815. The van der Waals surface area contributed by atoms with Crippen molar-refractivity contribution in [2.24, 2.45) is 5.41 Å². The third kappa shape index (κ3) is 4.34. The van der Waals surface area contributed by atoms with Gasteiger partial charge in [-0.2, -0.15) is 11.8 Å². The molecule has 1 atom stereocenters. The van der Waals surface area contributed by atoms with Crippen LogP contribution in [0.25, 0.3) is 0 Å². The predicted octanol–water partition coefficient (Wildman–Crippen LogP) is 1.59. The molecule has 1 heterocycles. The van der Waals surface area contributed by atoms with E-state index >= 15 is 0 Å². The molecule has 0 bridgehead atoms. The monoisotopic (exact) mass is 244 g/mol. The van der Waals surface area contributed by atoms with E-state index in [9.17, 15) is 4.79 Å². The van der Waals surface area contributed by atoms with Crippen LogP contribution in [0.4, 0.5) is 0 Å². The summed E-state index contributed by atoms with van der Waals surface area (Å²) in [5.74, 6) is 2.55. The minimum absolute atomic E-state index is 0.191. The van der Waals surface area contributed by atoms with Crippen molar-refractivity contribution in [2.75, 3.05) is 31.6 Å². The Labute approximate surface area is 103 Å². The summed E-state index contributed by atoms with van der Waals surface area (Å²) < 4.78 is 0. The Morgan fingerprint density at radius 3 is 2.81 bits per heavy atom. The van der Waals surface area contributed by atoms with Crippen LogP contribution in [-0.4, -0.2) is 48.5 Å². The molecule has 3 nitrogen and oxygen atoms in total. The first-order valence-corrected chi connectivity index (χ1v) is 7.15. The van der Waals surface area contributed by atoms with Gasteiger partial charge in [0, 0.05) is 25.4 Å². The number of likely N-dealkylation sites (N-methyl/N-ethyl adjacent to an activating group) is 1. The number of carbonyl (C=O) groups is 1. The van der Waals surface area contributed by atoms with E-state index in [1.165, 1.54) is 12.2 Å². The number of amides is 1. The number of hydrogen-bond acceptors (Lipinski definition) is 3. The number of hydrogen-bond donors (Lipinski definition) is 1. The van der Waals surface area contributed by atoms with Gasteiger partial charge < -0.3 is 10.2 Å². The standard InChI is InChI=1S/C12H24N2OS/c1-5-14(4)11(15)7-13-10-6-12(2,3)9-16-8-10/h10,13H,5-9H2,1-4H3. The molecule has 1 amide bonds. The van der Waals surface area contributed by atoms with Crippen LogP contribution in [0.2, 0.25) is 0 Å². The van der Waals surface area contributed by atoms with Gasteiger partial charge in [-0.25, -0.2) is 0 Å². The first-order valence-electron chi connectivity index (χ1n) is 6.00. The molecule has 0 saturated carbocycles. The van der Waals surface area contributed by atoms with E-state index in [1.807, 2.05) is 25.7 Å². The highest BCUT2D eigenvalue weighted by atomic mass is 32.2. The summed E-state index contributed by atoms with van der Waals surface area (Å²) in [5.41, 5.74) is 0.403. The van der Waals surface area contributed by atoms with Crippen molar-refractivity contribution in [1.29, 1.82) is 0 Å². The van der Waals surface area contributed by atoms with Crippen LogP contribution in [0.15, 0.2) is 0 Å². The van der Waals surface area contributed by atoms with E-state index in [1.54, 1.807) is 4.90 Å². The van der Waals surface area contributed by atoms with E-state index in [2.05, 4.69) is 19.2 Å². The topological polar surface area (TPSA) is 32.3 Å². The third-order valence-electron chi connectivity index (χ3n) is 3.05. The second kappa shape index (κ2) is 5.92. The van der Waals surface area contributed by atoms with E-state index in [-0.39, 0.29) is 5.91 Å². The number of thioether (sulfide) groups is 1. The summed E-state index contributed by atoms with van der Waals surface area (Å²) in [4.78, 5) is 13.4. The van der Waals surface area contributed by atoms with Crippen molar-refractivity contribution < 1.29 is 4.79 Å². The second-order valence-electron chi connectivity index (χ2n) is 5.37. The molecule has 4 heteroatoms. The Bertz CT molecular complexity index is 243. The Kier molecular flexibility index (Phi) is 5.12. The fourth-order valence-electron chi connectivity index (χ4n) is 1.94. The van der Waals surface area contributed by atoms with Crippen LogP contribution in [0, 0.1) is 5.41 Å². The lowest BCUT2D eigenvalue weighted by Crippen LogP contribution is -2.45. The third-order valence-corrected chi connectivity index (χ3v) is 4.68. The minimum Gasteiger partial charge on any atom is -0.345 e. The maximum absolute atomic E-state index is 11.6. The molecule has 1 unspecified atom stereocenters. The fourth-order valence-corrected chi connectivity index (χ4v) is 3.24. The SMILES string of the molecule is CCN(C)C(=O)CNC1CSCC(C)(C)C1. The highest BCUT2D eigenvalue weighted by molar-refractivity contribution is 7.99. The summed E-state index contributed by atoms with van der Waals surface area (Å²) in [6.07, 6.45) is 1.17. The average Bonchev–Trinajstić information content (AvgIpc) is 2.23. The van der Waals surface area contributed by atoms with Crippen molar-refractivity contribution in [1.82, 2.24) is 10.2 Å². The van der Waals surface area contributed by atoms with Crippen molar-refractivity contribution in [3.05, 3.63) is 0 Å². The van der Waals surface area contributed by atoms with Crippen molar-refractivity contribution in [2.45, 2.75) is 33.2 Å². The molecule has 0 radical (unpaired) electrons. The van der Waals surface area contributed by atoms with Crippen LogP contribution in [0.5, 0.6) is 0 Å². The minimum atomic E-state index is 0.191. The molecule has 1 saturated heterocycles. The van der Waals surface area contributed by atoms with E-state index in [0.717, 1.165) is 12.3 Å². The normalized spacial score (nSPS) is 24.1. The molecule has 1 aliphatic rings. The average molecular weight is 244 g/mol. The number of carbonyl (C=O) groups excluding carboxylic acids is 1. The van der Waals surface area contributed by atoms with Crippen LogP contribution in [0.1, 0.15) is 27.2 Å². The van der Waals surface area contributed by atoms with Crippen molar-refractivity contribution >= 4 is 17.7 Å². The van der Waals surface area contributed by atoms with Gasteiger partial charge in [0.15, 0.2) is 0 Å². The van der Waals surface area contributed by atoms with Gasteiger partial charge in [0.2, 0.25) is 5.91 Å². The lowest BCUT2D eigenvalue weighted by atomic mass is 9.88. The summed E-state index contributed by atoms with van der Waals surface area (Å²) in [5, 5.41) is 3.38. The first kappa shape index (κ1) is 13.8. The molecule has 1 N–H and O–H groups in total. The Hall–Kier alpha value is -0.220. The lowest BCUT2D eigenvalue weighted by Gasteiger charge is -2.35. The largest absolute Gasteiger partial charge is 0.345 e. The van der Waals surface area contributed by atoms with Crippen molar-refractivity contribution in [3.8, 4) is 0 Å². The van der Waals surface area contributed by atoms with Gasteiger partial charge in [0.25, 0.3) is 0 Å². The summed E-state index contributed by atoms with van der Waals surface area (Å²) in [7, 11) is 1.85. The van der Waals surface area contributed by atoms with Crippen molar-refractivity contribution in [3.63, 3.8) is 0 Å². The van der Waals surface area contributed by atoms with Crippen LogP contribution >= 0.6 is 11.8 Å². The van der Waals surface area contributed by atoms with Gasteiger partial charge in [-0.3, -0.25) is 4.79 Å². The molecule has 1 aliphatic heterocycles. The van der Waals surface area contributed by atoms with Gasteiger partial charge >= 0.3 is 0 Å². The first-order chi connectivity index (χ1) is 7.44. The Balaban J connectivity index is 2.30. The van der Waals surface area contributed by atoms with Crippen LogP contribution < -0.4 is 5.32 Å². The zero-order chi connectivity index (χ0) is 12.2. The molecule has 1 fully saturated rings. The molecule has 0 aromatic heterocycles. The molecular weight excluding hydrogens is 220 g/mol. The molecule has 0 aromatic rings. The molecule has 94 valence electrons. The van der Waals surface area contributed by atoms with Gasteiger partial charge in [-0.15, -0.1) is 0 Å². The van der Waals surface area contributed by atoms with Gasteiger partial charge in [0.05, 0.1) is 6.54 Å². The molecule has 0 aliphatic carbocycles.